The van der Waals surface area contributed by atoms with Gasteiger partial charge in [-0.2, -0.15) is 0 Å². The lowest BCUT2D eigenvalue weighted by atomic mass is 10.1. The molecule has 2 aromatic rings. The summed E-state index contributed by atoms with van der Waals surface area (Å²) in [5.74, 6) is -0.578. The van der Waals surface area contributed by atoms with Gasteiger partial charge in [0, 0.05) is 15.7 Å². The van der Waals surface area contributed by atoms with Crippen molar-refractivity contribution in [3.63, 3.8) is 0 Å². The van der Waals surface area contributed by atoms with E-state index in [9.17, 15) is 9.18 Å². The second kappa shape index (κ2) is 5.00. The number of fused-ring (bicyclic) bond motifs is 1. The van der Waals surface area contributed by atoms with Gasteiger partial charge in [0.05, 0.1) is 6.54 Å². The van der Waals surface area contributed by atoms with Gasteiger partial charge in [-0.15, -0.1) is 0 Å². The molecule has 0 radical (unpaired) electrons. The summed E-state index contributed by atoms with van der Waals surface area (Å²) < 4.78 is 14.2. The van der Waals surface area contributed by atoms with Gasteiger partial charge in [0.25, 0.3) is 0 Å². The van der Waals surface area contributed by atoms with Gasteiger partial charge in [0.1, 0.15) is 11.9 Å². The molecule has 1 heterocycles. The van der Waals surface area contributed by atoms with Crippen molar-refractivity contribution in [2.75, 3.05) is 4.90 Å². The predicted octanol–water partition coefficient (Wildman–Crippen LogP) is 3.13. The van der Waals surface area contributed by atoms with Crippen LogP contribution in [0.1, 0.15) is 17.2 Å². The Labute approximate surface area is 124 Å². The van der Waals surface area contributed by atoms with Crippen LogP contribution in [-0.2, 0) is 11.3 Å². The average molecular weight is 335 g/mol. The number of rotatable bonds is 2. The van der Waals surface area contributed by atoms with E-state index in [2.05, 4.69) is 15.9 Å². The van der Waals surface area contributed by atoms with Crippen molar-refractivity contribution < 1.29 is 9.18 Å². The van der Waals surface area contributed by atoms with Crippen LogP contribution in [0.4, 0.5) is 10.1 Å². The first kappa shape index (κ1) is 13.3. The summed E-state index contributed by atoms with van der Waals surface area (Å²) in [7, 11) is 0. The molecule has 1 aliphatic rings. The SMILES string of the molecule is NC1C(=O)N(Cc2ccc(Br)cc2)c2ccc(F)cc21. The molecule has 5 heteroatoms. The van der Waals surface area contributed by atoms with E-state index in [1.807, 2.05) is 24.3 Å². The number of carbonyl (C=O) groups excluding carboxylic acids is 1. The van der Waals surface area contributed by atoms with Crippen molar-refractivity contribution in [1.29, 1.82) is 0 Å². The smallest absolute Gasteiger partial charge is 0.248 e. The van der Waals surface area contributed by atoms with Gasteiger partial charge in [0.2, 0.25) is 5.91 Å². The molecule has 1 aliphatic heterocycles. The van der Waals surface area contributed by atoms with Crippen molar-refractivity contribution in [3.05, 3.63) is 63.9 Å². The normalized spacial score (nSPS) is 17.4. The molecule has 0 bridgehead atoms. The van der Waals surface area contributed by atoms with Gasteiger partial charge in [-0.25, -0.2) is 4.39 Å². The molecule has 1 unspecified atom stereocenters. The number of amides is 1. The summed E-state index contributed by atoms with van der Waals surface area (Å²) in [5.41, 5.74) is 8.09. The second-order valence-electron chi connectivity index (χ2n) is 4.73. The van der Waals surface area contributed by atoms with Crippen LogP contribution in [0.25, 0.3) is 0 Å². The second-order valence-corrected chi connectivity index (χ2v) is 5.65. The van der Waals surface area contributed by atoms with E-state index in [0.29, 0.717) is 17.8 Å². The van der Waals surface area contributed by atoms with Crippen molar-refractivity contribution in [1.82, 2.24) is 0 Å². The minimum atomic E-state index is -0.781. The standard InChI is InChI=1S/C15H12BrFN2O/c16-10-3-1-9(2-4-10)8-19-13-6-5-11(17)7-12(13)14(18)15(19)20/h1-7,14H,8,18H2. The minimum absolute atomic E-state index is 0.200. The molecule has 0 saturated carbocycles. The molecule has 1 amide bonds. The summed E-state index contributed by atoms with van der Waals surface area (Å²) in [6.07, 6.45) is 0. The topological polar surface area (TPSA) is 46.3 Å². The van der Waals surface area contributed by atoms with Gasteiger partial charge >= 0.3 is 0 Å². The Hall–Kier alpha value is -1.72. The monoisotopic (exact) mass is 334 g/mol. The summed E-state index contributed by atoms with van der Waals surface area (Å²) in [4.78, 5) is 13.8. The van der Waals surface area contributed by atoms with E-state index in [-0.39, 0.29) is 11.7 Å². The quantitative estimate of drug-likeness (QED) is 0.917. The van der Waals surface area contributed by atoms with Crippen LogP contribution >= 0.6 is 15.9 Å². The Bertz CT molecular complexity index is 672. The van der Waals surface area contributed by atoms with Crippen LogP contribution in [0.2, 0.25) is 0 Å². The molecule has 0 fully saturated rings. The molecular formula is C15H12BrFN2O. The molecule has 0 saturated heterocycles. The first-order valence-corrected chi connectivity index (χ1v) is 6.96. The lowest BCUT2D eigenvalue weighted by Crippen LogP contribution is -2.31. The number of hydrogen-bond donors (Lipinski definition) is 1. The van der Waals surface area contributed by atoms with Crippen molar-refractivity contribution in [2.45, 2.75) is 12.6 Å². The minimum Gasteiger partial charge on any atom is -0.316 e. The lowest BCUT2D eigenvalue weighted by molar-refractivity contribution is -0.119. The molecule has 0 aromatic heterocycles. The molecule has 20 heavy (non-hydrogen) atoms. The van der Waals surface area contributed by atoms with Crippen LogP contribution in [0, 0.1) is 5.82 Å². The van der Waals surface area contributed by atoms with E-state index in [1.54, 1.807) is 11.0 Å². The number of benzene rings is 2. The number of carbonyl (C=O) groups is 1. The predicted molar refractivity (Wildman–Crippen MR) is 78.7 cm³/mol. The number of nitrogens with zero attached hydrogens (tertiary/aromatic N) is 1. The molecule has 2 aromatic carbocycles. The first-order chi connectivity index (χ1) is 9.56. The zero-order valence-electron chi connectivity index (χ0n) is 10.5. The number of anilines is 1. The zero-order valence-corrected chi connectivity index (χ0v) is 12.1. The third kappa shape index (κ3) is 2.23. The maximum atomic E-state index is 13.3. The highest BCUT2D eigenvalue weighted by atomic mass is 79.9. The Morgan fingerprint density at radius 1 is 1.20 bits per heavy atom. The zero-order chi connectivity index (χ0) is 14.3. The number of halogens is 2. The fourth-order valence-corrected chi connectivity index (χ4v) is 2.64. The van der Waals surface area contributed by atoms with Gasteiger partial charge in [-0.3, -0.25) is 4.79 Å². The average Bonchev–Trinajstić information content (AvgIpc) is 2.66. The number of hydrogen-bond acceptors (Lipinski definition) is 2. The molecule has 2 N–H and O–H groups in total. The van der Waals surface area contributed by atoms with Crippen LogP contribution < -0.4 is 10.6 Å². The fourth-order valence-electron chi connectivity index (χ4n) is 2.38. The van der Waals surface area contributed by atoms with Crippen LogP contribution in [0.5, 0.6) is 0 Å². The van der Waals surface area contributed by atoms with Crippen LogP contribution in [0.3, 0.4) is 0 Å². The summed E-state index contributed by atoms with van der Waals surface area (Å²) >= 11 is 3.37. The summed E-state index contributed by atoms with van der Waals surface area (Å²) in [6, 6.07) is 11.2. The van der Waals surface area contributed by atoms with Gasteiger partial charge in [-0.1, -0.05) is 28.1 Å². The largest absolute Gasteiger partial charge is 0.316 e. The van der Waals surface area contributed by atoms with E-state index in [4.69, 9.17) is 5.73 Å². The summed E-state index contributed by atoms with van der Waals surface area (Å²) in [6.45, 7) is 0.429. The Kier molecular flexibility index (Phi) is 3.31. The van der Waals surface area contributed by atoms with Gasteiger partial charge in [0.15, 0.2) is 0 Å². The van der Waals surface area contributed by atoms with E-state index < -0.39 is 6.04 Å². The highest BCUT2D eigenvalue weighted by Crippen LogP contribution is 2.36. The molecule has 0 aliphatic carbocycles. The van der Waals surface area contributed by atoms with E-state index >= 15 is 0 Å². The molecule has 3 rings (SSSR count). The van der Waals surface area contributed by atoms with Crippen molar-refractivity contribution in [2.24, 2.45) is 5.73 Å². The first-order valence-electron chi connectivity index (χ1n) is 6.17. The van der Waals surface area contributed by atoms with Gasteiger partial charge in [-0.05, 0) is 35.9 Å². The number of nitrogens with two attached hydrogens (primary N) is 1. The van der Waals surface area contributed by atoms with E-state index in [1.165, 1.54) is 12.1 Å². The maximum absolute atomic E-state index is 13.3. The Morgan fingerprint density at radius 3 is 2.60 bits per heavy atom. The maximum Gasteiger partial charge on any atom is 0.248 e. The third-order valence-electron chi connectivity index (χ3n) is 3.40. The highest BCUT2D eigenvalue weighted by Gasteiger charge is 2.34. The van der Waals surface area contributed by atoms with E-state index in [0.717, 1.165) is 10.0 Å². The molecular weight excluding hydrogens is 323 g/mol. The lowest BCUT2D eigenvalue weighted by Gasteiger charge is -2.17. The molecule has 1 atom stereocenters. The Balaban J connectivity index is 1.95. The van der Waals surface area contributed by atoms with Gasteiger partial charge < -0.3 is 10.6 Å². The molecule has 3 nitrogen and oxygen atoms in total. The molecule has 102 valence electrons. The van der Waals surface area contributed by atoms with Crippen LogP contribution in [-0.4, -0.2) is 5.91 Å². The van der Waals surface area contributed by atoms with Crippen molar-refractivity contribution in [3.8, 4) is 0 Å². The third-order valence-corrected chi connectivity index (χ3v) is 3.93. The summed E-state index contributed by atoms with van der Waals surface area (Å²) in [5, 5.41) is 0. The highest BCUT2D eigenvalue weighted by molar-refractivity contribution is 9.10. The van der Waals surface area contributed by atoms with Crippen LogP contribution in [0.15, 0.2) is 46.9 Å². The molecule has 0 spiro atoms. The van der Waals surface area contributed by atoms with Crippen molar-refractivity contribution >= 4 is 27.5 Å². The fraction of sp³-hybridized carbons (Fsp3) is 0.133. The Morgan fingerprint density at radius 2 is 1.90 bits per heavy atom.